The molecule has 12 heteroatoms. The van der Waals surface area contributed by atoms with Gasteiger partial charge in [0.15, 0.2) is 0 Å². The molecule has 5 aromatic carbocycles. The van der Waals surface area contributed by atoms with Crippen molar-refractivity contribution < 1.29 is 43.3 Å². The number of hydrogen-bond acceptors (Lipinski definition) is 8. The molecule has 1 unspecified atom stereocenters. The normalized spacial score (nSPS) is 10.9. The first-order valence-corrected chi connectivity index (χ1v) is 20.0. The van der Waals surface area contributed by atoms with Gasteiger partial charge >= 0.3 is 11.9 Å². The molecule has 0 aliphatic carbocycles. The molecular formula is C48H53N3O9. The highest BCUT2D eigenvalue weighted by Crippen LogP contribution is 2.19. The van der Waals surface area contributed by atoms with E-state index in [9.17, 15) is 24.0 Å². The van der Waals surface area contributed by atoms with Crippen LogP contribution in [0.2, 0.25) is 0 Å². The number of carbonyl (C=O) groups excluding carboxylic acids is 4. The summed E-state index contributed by atoms with van der Waals surface area (Å²) < 4.78 is 16.4. The second-order valence-electron chi connectivity index (χ2n) is 14.0. The van der Waals surface area contributed by atoms with Crippen molar-refractivity contribution in [2.45, 2.75) is 70.8 Å². The molecule has 0 aliphatic heterocycles. The van der Waals surface area contributed by atoms with Gasteiger partial charge in [0.25, 0.3) is 5.91 Å². The number of amides is 3. The number of primary amides is 1. The van der Waals surface area contributed by atoms with Crippen molar-refractivity contribution in [2.75, 3.05) is 19.0 Å². The van der Waals surface area contributed by atoms with E-state index in [0.29, 0.717) is 52.7 Å². The molecule has 5 rings (SSSR count). The molecule has 0 aliphatic rings. The van der Waals surface area contributed by atoms with Crippen LogP contribution in [0, 0.1) is 0 Å². The van der Waals surface area contributed by atoms with Gasteiger partial charge in [-0.15, -0.1) is 0 Å². The Morgan fingerprint density at radius 3 is 1.88 bits per heavy atom. The average molecular weight is 816 g/mol. The third kappa shape index (κ3) is 16.5. The second-order valence-corrected chi connectivity index (χ2v) is 14.0. The van der Waals surface area contributed by atoms with Crippen molar-refractivity contribution in [3.63, 3.8) is 0 Å². The predicted octanol–water partition coefficient (Wildman–Crippen LogP) is 7.98. The molecule has 12 nitrogen and oxygen atoms in total. The number of aliphatic carboxylic acids is 1. The molecule has 314 valence electrons. The molecule has 5 aromatic rings. The standard InChI is InChI=1S/C39H43N3O7.C9H10O2/c1-3-4-5-6-7-24-48-33-22-14-30(15-23-33)39(46)49-34-20-10-27(11-21-34)25-35(37(40)44)42-38(45)29-12-16-31(17-13-29)41-36(43)26-28-8-18-32(47-2)19-9-28;10-9(11)7-6-8-4-2-1-3-5-8/h8-23,35H,3-7,24-26H2,1-2H3,(H2,40,44)(H,41,43)(H,42,45);1-5H,6-7H2,(H,10,11). The van der Waals surface area contributed by atoms with Crippen molar-refractivity contribution in [1.82, 2.24) is 5.32 Å². The van der Waals surface area contributed by atoms with Gasteiger partial charge in [-0.1, -0.05) is 87.2 Å². The number of ether oxygens (including phenoxy) is 3. The Morgan fingerprint density at radius 2 is 1.27 bits per heavy atom. The van der Waals surface area contributed by atoms with Gasteiger partial charge in [0.2, 0.25) is 11.8 Å². The van der Waals surface area contributed by atoms with Crippen LogP contribution in [-0.4, -0.2) is 54.5 Å². The van der Waals surface area contributed by atoms with Crippen molar-refractivity contribution in [2.24, 2.45) is 5.73 Å². The highest BCUT2D eigenvalue weighted by Gasteiger charge is 2.20. The van der Waals surface area contributed by atoms with Crippen LogP contribution in [0.15, 0.2) is 127 Å². The monoisotopic (exact) mass is 815 g/mol. The molecule has 0 bridgehead atoms. The number of anilines is 1. The summed E-state index contributed by atoms with van der Waals surface area (Å²) in [4.78, 5) is 60.4. The lowest BCUT2D eigenvalue weighted by molar-refractivity contribution is -0.137. The maximum atomic E-state index is 12.9. The maximum absolute atomic E-state index is 12.9. The first kappa shape index (κ1) is 45.7. The van der Waals surface area contributed by atoms with Crippen LogP contribution in [0.25, 0.3) is 0 Å². The summed E-state index contributed by atoms with van der Waals surface area (Å²) >= 11 is 0. The van der Waals surface area contributed by atoms with Gasteiger partial charge in [-0.2, -0.15) is 0 Å². The van der Waals surface area contributed by atoms with E-state index in [1.807, 2.05) is 42.5 Å². The van der Waals surface area contributed by atoms with Crippen LogP contribution in [0.3, 0.4) is 0 Å². The van der Waals surface area contributed by atoms with Crippen molar-refractivity contribution in [3.8, 4) is 17.2 Å². The lowest BCUT2D eigenvalue weighted by Gasteiger charge is -2.16. The number of aryl methyl sites for hydroxylation is 1. The van der Waals surface area contributed by atoms with Crippen LogP contribution in [-0.2, 0) is 33.6 Å². The number of nitrogens with one attached hydrogen (secondary N) is 2. The summed E-state index contributed by atoms with van der Waals surface area (Å²) in [5.41, 5.74) is 9.43. The Morgan fingerprint density at radius 1 is 0.667 bits per heavy atom. The predicted molar refractivity (Wildman–Crippen MR) is 230 cm³/mol. The molecular weight excluding hydrogens is 763 g/mol. The van der Waals surface area contributed by atoms with E-state index in [2.05, 4.69) is 17.6 Å². The topological polar surface area (TPSA) is 183 Å². The fourth-order valence-corrected chi connectivity index (χ4v) is 5.88. The molecule has 60 heavy (non-hydrogen) atoms. The molecule has 0 heterocycles. The highest BCUT2D eigenvalue weighted by molar-refractivity contribution is 5.98. The smallest absolute Gasteiger partial charge is 0.343 e. The van der Waals surface area contributed by atoms with Crippen LogP contribution in [0.1, 0.15) is 82.9 Å². The van der Waals surface area contributed by atoms with E-state index in [1.54, 1.807) is 92.0 Å². The zero-order valence-corrected chi connectivity index (χ0v) is 34.1. The Hall–Kier alpha value is -6.95. The molecule has 0 fully saturated rings. The minimum atomic E-state index is -0.984. The summed E-state index contributed by atoms with van der Waals surface area (Å²) in [6.07, 6.45) is 6.93. The van der Waals surface area contributed by atoms with Crippen LogP contribution < -0.4 is 30.6 Å². The number of unbranched alkanes of at least 4 members (excludes halogenated alkanes) is 4. The number of methoxy groups -OCH3 is 1. The van der Waals surface area contributed by atoms with Gasteiger partial charge in [-0.3, -0.25) is 19.2 Å². The summed E-state index contributed by atoms with van der Waals surface area (Å²) in [6, 6.07) is 35.6. The van der Waals surface area contributed by atoms with Gasteiger partial charge in [-0.05, 0) is 102 Å². The van der Waals surface area contributed by atoms with Gasteiger partial charge < -0.3 is 35.7 Å². The lowest BCUT2D eigenvalue weighted by atomic mass is 10.0. The Bertz CT molecular complexity index is 2100. The van der Waals surface area contributed by atoms with Crippen LogP contribution >= 0.6 is 0 Å². The number of hydrogen-bond donors (Lipinski definition) is 4. The summed E-state index contributed by atoms with van der Waals surface area (Å²) in [5, 5.41) is 13.9. The second kappa shape index (κ2) is 24.7. The molecule has 0 saturated carbocycles. The molecule has 0 aromatic heterocycles. The summed E-state index contributed by atoms with van der Waals surface area (Å²) in [7, 11) is 1.58. The number of carboxylic acids is 1. The fourth-order valence-electron chi connectivity index (χ4n) is 5.88. The van der Waals surface area contributed by atoms with Crippen molar-refractivity contribution in [1.29, 1.82) is 0 Å². The summed E-state index contributed by atoms with van der Waals surface area (Å²) in [5.74, 6) is -0.909. The van der Waals surface area contributed by atoms with E-state index in [4.69, 9.17) is 25.1 Å². The Kier molecular flexibility index (Phi) is 18.9. The molecule has 5 N–H and O–H groups in total. The van der Waals surface area contributed by atoms with E-state index in [0.717, 1.165) is 24.0 Å². The number of carbonyl (C=O) groups is 5. The number of rotatable bonds is 21. The number of esters is 1. The Labute approximate surface area is 351 Å². The first-order chi connectivity index (χ1) is 29.0. The van der Waals surface area contributed by atoms with Crippen molar-refractivity contribution in [3.05, 3.63) is 155 Å². The van der Waals surface area contributed by atoms with Gasteiger partial charge in [-0.25, -0.2) is 4.79 Å². The van der Waals surface area contributed by atoms with Gasteiger partial charge in [0.05, 0.1) is 25.7 Å². The zero-order valence-electron chi connectivity index (χ0n) is 34.1. The molecule has 0 saturated heterocycles. The fraction of sp³-hybridized carbons (Fsp3) is 0.271. The molecule has 0 spiro atoms. The van der Waals surface area contributed by atoms with Crippen LogP contribution in [0.5, 0.6) is 17.2 Å². The number of nitrogens with two attached hydrogens (primary N) is 1. The lowest BCUT2D eigenvalue weighted by Crippen LogP contribution is -2.45. The summed E-state index contributed by atoms with van der Waals surface area (Å²) in [6.45, 7) is 2.82. The van der Waals surface area contributed by atoms with E-state index in [-0.39, 0.29) is 25.2 Å². The van der Waals surface area contributed by atoms with E-state index in [1.165, 1.54) is 19.3 Å². The molecule has 0 radical (unpaired) electrons. The van der Waals surface area contributed by atoms with Crippen molar-refractivity contribution >= 4 is 35.3 Å². The minimum absolute atomic E-state index is 0.134. The van der Waals surface area contributed by atoms with E-state index >= 15 is 0 Å². The SMILES string of the molecule is CCCCCCCOc1ccc(C(=O)Oc2ccc(CC(NC(=O)c3ccc(NC(=O)Cc4ccc(OC)cc4)cc3)C(N)=O)cc2)cc1.O=C(O)CCc1ccccc1. The van der Waals surface area contributed by atoms with Gasteiger partial charge in [0.1, 0.15) is 23.3 Å². The van der Waals surface area contributed by atoms with Crippen LogP contribution in [0.4, 0.5) is 5.69 Å². The first-order valence-electron chi connectivity index (χ1n) is 20.0. The molecule has 3 amide bonds. The third-order valence-electron chi connectivity index (χ3n) is 9.25. The minimum Gasteiger partial charge on any atom is -0.497 e. The Balaban J connectivity index is 0.000000624. The number of benzene rings is 5. The maximum Gasteiger partial charge on any atom is 0.343 e. The zero-order chi connectivity index (χ0) is 43.1. The number of carboxylic acid groups (broad SMARTS) is 1. The quantitative estimate of drug-likeness (QED) is 0.0324. The third-order valence-corrected chi connectivity index (χ3v) is 9.25. The highest BCUT2D eigenvalue weighted by atomic mass is 16.5. The molecule has 1 atom stereocenters. The largest absolute Gasteiger partial charge is 0.497 e. The van der Waals surface area contributed by atoms with E-state index < -0.39 is 29.8 Å². The average Bonchev–Trinajstić information content (AvgIpc) is 3.25. The van der Waals surface area contributed by atoms with Gasteiger partial charge in [0, 0.05) is 24.1 Å².